The van der Waals surface area contributed by atoms with Gasteiger partial charge in [0, 0.05) is 6.54 Å². The molecule has 17 heavy (non-hydrogen) atoms. The number of benzene rings is 1. The first-order valence-corrected chi connectivity index (χ1v) is 5.27. The molecule has 0 saturated carbocycles. The zero-order valence-corrected chi connectivity index (χ0v) is 9.68. The van der Waals surface area contributed by atoms with Crippen LogP contribution >= 0.6 is 0 Å². The van der Waals surface area contributed by atoms with Crippen LogP contribution in [-0.2, 0) is 0 Å². The molecule has 1 aromatic carbocycles. The Morgan fingerprint density at radius 3 is 2.71 bits per heavy atom. The summed E-state index contributed by atoms with van der Waals surface area (Å²) in [5.74, 6) is -0.617. The van der Waals surface area contributed by atoms with Gasteiger partial charge in [0.05, 0.1) is 17.1 Å². The van der Waals surface area contributed by atoms with Crippen LogP contribution in [0.3, 0.4) is 0 Å². The van der Waals surface area contributed by atoms with Crippen molar-refractivity contribution in [1.82, 2.24) is 0 Å². The second-order valence-corrected chi connectivity index (χ2v) is 4.11. The highest BCUT2D eigenvalue weighted by molar-refractivity contribution is 5.61. The average Bonchev–Trinajstić information content (AvgIpc) is 2.26. The number of nitrogens with one attached hydrogen (secondary N) is 1. The predicted molar refractivity (Wildman–Crippen MR) is 62.4 cm³/mol. The molecule has 0 aromatic heterocycles. The molecule has 0 aliphatic rings. The van der Waals surface area contributed by atoms with E-state index in [4.69, 9.17) is 0 Å². The van der Waals surface area contributed by atoms with Gasteiger partial charge in [0.15, 0.2) is 0 Å². The van der Waals surface area contributed by atoms with Gasteiger partial charge in [-0.15, -0.1) is 0 Å². The molecule has 6 heteroatoms. The van der Waals surface area contributed by atoms with Crippen molar-refractivity contribution in [2.45, 2.75) is 20.0 Å². The van der Waals surface area contributed by atoms with Crippen molar-refractivity contribution in [3.63, 3.8) is 0 Å². The van der Waals surface area contributed by atoms with Crippen LogP contribution in [0.25, 0.3) is 0 Å². The van der Waals surface area contributed by atoms with Gasteiger partial charge in [0.2, 0.25) is 0 Å². The quantitative estimate of drug-likeness (QED) is 0.612. The molecule has 1 atom stereocenters. The van der Waals surface area contributed by atoms with E-state index in [1.165, 1.54) is 6.07 Å². The van der Waals surface area contributed by atoms with Crippen LogP contribution in [-0.4, -0.2) is 22.7 Å². The number of nitro groups is 1. The number of aliphatic hydroxyl groups excluding tert-OH is 1. The summed E-state index contributed by atoms with van der Waals surface area (Å²) in [4.78, 5) is 10.0. The largest absolute Gasteiger partial charge is 0.391 e. The normalized spacial score (nSPS) is 12.5. The summed E-state index contributed by atoms with van der Waals surface area (Å²) >= 11 is 0. The van der Waals surface area contributed by atoms with Gasteiger partial charge in [-0.05, 0) is 18.1 Å². The first kappa shape index (κ1) is 13.4. The fourth-order valence-corrected chi connectivity index (χ4v) is 1.26. The van der Waals surface area contributed by atoms with E-state index < -0.39 is 16.8 Å². The van der Waals surface area contributed by atoms with Crippen LogP contribution < -0.4 is 5.32 Å². The third kappa shape index (κ3) is 3.67. The van der Waals surface area contributed by atoms with Gasteiger partial charge in [-0.1, -0.05) is 13.8 Å². The van der Waals surface area contributed by atoms with E-state index in [1.807, 2.05) is 13.8 Å². The summed E-state index contributed by atoms with van der Waals surface area (Å²) in [5, 5.41) is 23.0. The van der Waals surface area contributed by atoms with E-state index in [0.717, 1.165) is 12.1 Å². The number of nitro benzene ring substituents is 1. The Bertz CT molecular complexity index is 410. The predicted octanol–water partition coefficient (Wildman–Crippen LogP) is 2.16. The van der Waals surface area contributed by atoms with Gasteiger partial charge in [0.25, 0.3) is 5.69 Å². The van der Waals surface area contributed by atoms with Crippen molar-refractivity contribution >= 4 is 11.4 Å². The van der Waals surface area contributed by atoms with E-state index in [9.17, 15) is 19.6 Å². The lowest BCUT2D eigenvalue weighted by Crippen LogP contribution is -2.25. The number of aliphatic hydroxyl groups is 1. The van der Waals surface area contributed by atoms with Crippen molar-refractivity contribution in [2.75, 3.05) is 11.9 Å². The summed E-state index contributed by atoms with van der Waals surface area (Å²) in [7, 11) is 0. The zero-order chi connectivity index (χ0) is 13.0. The first-order chi connectivity index (χ1) is 7.91. The van der Waals surface area contributed by atoms with Crippen LogP contribution in [0.5, 0.6) is 0 Å². The Hall–Kier alpha value is -1.69. The smallest absolute Gasteiger partial charge is 0.295 e. The number of rotatable bonds is 5. The van der Waals surface area contributed by atoms with Gasteiger partial charge in [-0.3, -0.25) is 10.1 Å². The number of hydrogen-bond donors (Lipinski definition) is 2. The molecule has 0 aliphatic heterocycles. The van der Waals surface area contributed by atoms with E-state index >= 15 is 0 Å². The summed E-state index contributed by atoms with van der Waals surface area (Å²) in [6.45, 7) is 3.86. The molecule has 0 saturated heterocycles. The molecule has 1 rings (SSSR count). The van der Waals surface area contributed by atoms with Gasteiger partial charge < -0.3 is 10.4 Å². The molecule has 0 fully saturated rings. The fraction of sp³-hybridized carbons (Fsp3) is 0.455. The maximum atomic E-state index is 12.9. The molecule has 0 aliphatic carbocycles. The maximum Gasteiger partial charge on any atom is 0.295 e. The summed E-state index contributed by atoms with van der Waals surface area (Å²) in [6.07, 6.45) is -0.611. The Balaban J connectivity index is 2.80. The second-order valence-electron chi connectivity index (χ2n) is 4.11. The lowest BCUT2D eigenvalue weighted by Gasteiger charge is -2.15. The van der Waals surface area contributed by atoms with Crippen LogP contribution in [0.1, 0.15) is 13.8 Å². The monoisotopic (exact) mass is 242 g/mol. The Morgan fingerprint density at radius 1 is 1.53 bits per heavy atom. The minimum atomic E-state index is -0.661. The third-order valence-electron chi connectivity index (χ3n) is 2.43. The van der Waals surface area contributed by atoms with Gasteiger partial charge in [0.1, 0.15) is 11.5 Å². The maximum absolute atomic E-state index is 12.9. The van der Waals surface area contributed by atoms with Crippen molar-refractivity contribution < 1.29 is 14.4 Å². The van der Waals surface area contributed by atoms with Crippen LogP contribution in [0.15, 0.2) is 18.2 Å². The van der Waals surface area contributed by atoms with Gasteiger partial charge in [-0.2, -0.15) is 0 Å². The number of hydrogen-bond acceptors (Lipinski definition) is 4. The van der Waals surface area contributed by atoms with Crippen molar-refractivity contribution in [1.29, 1.82) is 0 Å². The SMILES string of the molecule is CC(C)C(O)CNc1ccc(F)cc1[N+](=O)[O-]. The molecule has 0 bridgehead atoms. The van der Waals surface area contributed by atoms with E-state index in [2.05, 4.69) is 5.32 Å². The van der Waals surface area contributed by atoms with Crippen LogP contribution in [0.4, 0.5) is 15.8 Å². The van der Waals surface area contributed by atoms with Gasteiger partial charge in [-0.25, -0.2) is 4.39 Å². The molecule has 2 N–H and O–H groups in total. The van der Waals surface area contributed by atoms with Crippen molar-refractivity contribution in [3.8, 4) is 0 Å². The highest BCUT2D eigenvalue weighted by Gasteiger charge is 2.16. The topological polar surface area (TPSA) is 75.4 Å². The highest BCUT2D eigenvalue weighted by Crippen LogP contribution is 2.25. The molecule has 0 radical (unpaired) electrons. The van der Waals surface area contributed by atoms with Crippen molar-refractivity contribution in [2.24, 2.45) is 5.92 Å². The summed E-state index contributed by atoms with van der Waals surface area (Å²) in [6, 6.07) is 3.28. The van der Waals surface area contributed by atoms with E-state index in [1.54, 1.807) is 0 Å². The van der Waals surface area contributed by atoms with Gasteiger partial charge >= 0.3 is 0 Å². The Kier molecular flexibility index (Phi) is 4.39. The van der Waals surface area contributed by atoms with E-state index in [-0.39, 0.29) is 23.8 Å². The molecular formula is C11H15FN2O3. The summed E-state index contributed by atoms with van der Waals surface area (Å²) < 4.78 is 12.9. The van der Waals surface area contributed by atoms with E-state index in [0.29, 0.717) is 0 Å². The zero-order valence-electron chi connectivity index (χ0n) is 9.68. The Labute approximate surface area is 98.4 Å². The third-order valence-corrected chi connectivity index (χ3v) is 2.43. The molecule has 0 spiro atoms. The molecular weight excluding hydrogens is 227 g/mol. The molecule has 5 nitrogen and oxygen atoms in total. The Morgan fingerprint density at radius 2 is 2.18 bits per heavy atom. The molecule has 1 aromatic rings. The number of halogens is 1. The first-order valence-electron chi connectivity index (χ1n) is 5.27. The lowest BCUT2D eigenvalue weighted by atomic mass is 10.1. The number of anilines is 1. The van der Waals surface area contributed by atoms with Crippen LogP contribution in [0, 0.1) is 21.8 Å². The van der Waals surface area contributed by atoms with Crippen molar-refractivity contribution in [3.05, 3.63) is 34.1 Å². The fourth-order valence-electron chi connectivity index (χ4n) is 1.26. The molecule has 94 valence electrons. The minimum absolute atomic E-state index is 0.0435. The average molecular weight is 242 g/mol. The van der Waals surface area contributed by atoms with Crippen LogP contribution in [0.2, 0.25) is 0 Å². The standard InChI is InChI=1S/C11H15FN2O3/c1-7(2)11(15)6-13-9-4-3-8(12)5-10(9)14(16)17/h3-5,7,11,13,15H,6H2,1-2H3. The molecule has 0 heterocycles. The number of nitrogens with zero attached hydrogens (tertiary/aromatic N) is 1. The molecule has 1 unspecified atom stereocenters. The molecule has 0 amide bonds. The second kappa shape index (κ2) is 5.58. The minimum Gasteiger partial charge on any atom is -0.391 e. The highest BCUT2D eigenvalue weighted by atomic mass is 19.1. The lowest BCUT2D eigenvalue weighted by molar-refractivity contribution is -0.384. The summed E-state index contributed by atoms with van der Waals surface area (Å²) in [5.41, 5.74) is -0.128.